The molecule has 0 fully saturated rings. The summed E-state index contributed by atoms with van der Waals surface area (Å²) in [5.41, 5.74) is 0. The van der Waals surface area contributed by atoms with E-state index in [4.69, 9.17) is 0 Å². The van der Waals surface area contributed by atoms with E-state index in [2.05, 4.69) is 39.5 Å². The van der Waals surface area contributed by atoms with Crippen molar-refractivity contribution in [1.82, 2.24) is 4.90 Å². The molecule has 0 radical (unpaired) electrons. The second-order valence-electron chi connectivity index (χ2n) is 9.68. The van der Waals surface area contributed by atoms with Gasteiger partial charge in [0.15, 0.2) is 0 Å². The van der Waals surface area contributed by atoms with Gasteiger partial charge in [0.2, 0.25) is 0 Å². The molecule has 0 amide bonds. The molecule has 0 saturated heterocycles. The van der Waals surface area contributed by atoms with Crippen molar-refractivity contribution in [2.45, 2.75) is 175 Å². The molecule has 0 rings (SSSR count). The quantitative estimate of drug-likeness (QED) is 0.152. The standard InChI is InChI=1S/C28H59N/c1-6-10-12-13-14-15-16-17-18-19-20-21-22-23-26-29(27(5)9-4)28(24-8-3)25-11-7-2/h27-28H,6-26H2,1-5H3. The van der Waals surface area contributed by atoms with Crippen molar-refractivity contribution in [3.63, 3.8) is 0 Å². The van der Waals surface area contributed by atoms with Gasteiger partial charge in [-0.05, 0) is 39.2 Å². The van der Waals surface area contributed by atoms with Crippen molar-refractivity contribution in [1.29, 1.82) is 0 Å². The third kappa shape index (κ3) is 17.3. The zero-order valence-corrected chi connectivity index (χ0v) is 21.5. The van der Waals surface area contributed by atoms with E-state index in [1.807, 2.05) is 0 Å². The van der Waals surface area contributed by atoms with Gasteiger partial charge in [-0.1, -0.05) is 130 Å². The summed E-state index contributed by atoms with van der Waals surface area (Å²) in [4.78, 5) is 2.87. The first-order valence-electron chi connectivity index (χ1n) is 14.0. The van der Waals surface area contributed by atoms with Crippen LogP contribution in [0.1, 0.15) is 163 Å². The van der Waals surface area contributed by atoms with Crippen molar-refractivity contribution in [2.24, 2.45) is 0 Å². The molecule has 2 atom stereocenters. The van der Waals surface area contributed by atoms with E-state index >= 15 is 0 Å². The van der Waals surface area contributed by atoms with Crippen LogP contribution in [-0.2, 0) is 0 Å². The summed E-state index contributed by atoms with van der Waals surface area (Å²) in [6.07, 6.45) is 28.5. The molecule has 0 N–H and O–H groups in total. The van der Waals surface area contributed by atoms with E-state index in [0.29, 0.717) is 0 Å². The van der Waals surface area contributed by atoms with E-state index in [9.17, 15) is 0 Å². The summed E-state index contributed by atoms with van der Waals surface area (Å²) >= 11 is 0. The molecule has 0 heterocycles. The van der Waals surface area contributed by atoms with Gasteiger partial charge in [0.05, 0.1) is 0 Å². The second kappa shape index (κ2) is 22.6. The summed E-state index contributed by atoms with van der Waals surface area (Å²) < 4.78 is 0. The molecule has 0 bridgehead atoms. The van der Waals surface area contributed by atoms with Gasteiger partial charge in [0.25, 0.3) is 0 Å². The molecular weight excluding hydrogens is 350 g/mol. The van der Waals surface area contributed by atoms with Gasteiger partial charge in [-0.15, -0.1) is 0 Å². The molecule has 2 unspecified atom stereocenters. The largest absolute Gasteiger partial charge is 0.298 e. The maximum Gasteiger partial charge on any atom is 0.00979 e. The molecule has 0 aromatic carbocycles. The van der Waals surface area contributed by atoms with Gasteiger partial charge in [0.1, 0.15) is 0 Å². The summed E-state index contributed by atoms with van der Waals surface area (Å²) in [5.74, 6) is 0. The maximum absolute atomic E-state index is 2.87. The van der Waals surface area contributed by atoms with Gasteiger partial charge >= 0.3 is 0 Å². The third-order valence-electron chi connectivity index (χ3n) is 6.91. The molecule has 0 aliphatic carbocycles. The minimum Gasteiger partial charge on any atom is -0.298 e. The Balaban J connectivity index is 3.76. The highest BCUT2D eigenvalue weighted by Gasteiger charge is 2.21. The highest BCUT2D eigenvalue weighted by Crippen LogP contribution is 2.20. The summed E-state index contributed by atoms with van der Waals surface area (Å²) in [6, 6.07) is 1.59. The summed E-state index contributed by atoms with van der Waals surface area (Å²) in [5, 5.41) is 0. The van der Waals surface area contributed by atoms with Gasteiger partial charge < -0.3 is 0 Å². The highest BCUT2D eigenvalue weighted by atomic mass is 15.2. The average Bonchev–Trinajstić information content (AvgIpc) is 2.73. The Morgan fingerprint density at radius 3 is 1.34 bits per heavy atom. The lowest BCUT2D eigenvalue weighted by Gasteiger charge is -2.36. The lowest BCUT2D eigenvalue weighted by molar-refractivity contribution is 0.119. The lowest BCUT2D eigenvalue weighted by Crippen LogP contribution is -2.42. The second-order valence-corrected chi connectivity index (χ2v) is 9.68. The van der Waals surface area contributed by atoms with Crippen molar-refractivity contribution in [3.05, 3.63) is 0 Å². The van der Waals surface area contributed by atoms with Gasteiger partial charge in [0, 0.05) is 12.1 Å². The number of nitrogens with zero attached hydrogens (tertiary/aromatic N) is 1. The van der Waals surface area contributed by atoms with Crippen LogP contribution in [0.25, 0.3) is 0 Å². The Morgan fingerprint density at radius 2 is 0.931 bits per heavy atom. The Bertz CT molecular complexity index is 301. The first-order valence-corrected chi connectivity index (χ1v) is 14.0. The van der Waals surface area contributed by atoms with Crippen molar-refractivity contribution in [3.8, 4) is 0 Å². The Morgan fingerprint density at radius 1 is 0.483 bits per heavy atom. The molecule has 29 heavy (non-hydrogen) atoms. The Hall–Kier alpha value is -0.0400. The molecular formula is C28H59N. The average molecular weight is 410 g/mol. The van der Waals surface area contributed by atoms with Crippen molar-refractivity contribution < 1.29 is 0 Å². The van der Waals surface area contributed by atoms with Crippen LogP contribution in [0.3, 0.4) is 0 Å². The molecule has 0 saturated carbocycles. The van der Waals surface area contributed by atoms with Gasteiger partial charge in [-0.3, -0.25) is 4.90 Å². The van der Waals surface area contributed by atoms with Crippen LogP contribution in [0.5, 0.6) is 0 Å². The van der Waals surface area contributed by atoms with Crippen LogP contribution in [0.15, 0.2) is 0 Å². The predicted molar refractivity (Wildman–Crippen MR) is 135 cm³/mol. The first kappa shape index (κ1) is 29.0. The summed E-state index contributed by atoms with van der Waals surface area (Å²) in [6.45, 7) is 13.2. The van der Waals surface area contributed by atoms with Crippen LogP contribution < -0.4 is 0 Å². The van der Waals surface area contributed by atoms with Crippen LogP contribution in [0.2, 0.25) is 0 Å². The van der Waals surface area contributed by atoms with Crippen LogP contribution in [0.4, 0.5) is 0 Å². The number of unbranched alkanes of at least 4 members (excludes halogenated alkanes) is 14. The highest BCUT2D eigenvalue weighted by molar-refractivity contribution is 4.76. The Kier molecular flexibility index (Phi) is 22.6. The fraction of sp³-hybridized carbons (Fsp3) is 1.00. The third-order valence-corrected chi connectivity index (χ3v) is 6.91. The minimum absolute atomic E-state index is 0.755. The molecule has 176 valence electrons. The van der Waals surface area contributed by atoms with E-state index in [-0.39, 0.29) is 0 Å². The summed E-state index contributed by atoms with van der Waals surface area (Å²) in [7, 11) is 0. The van der Waals surface area contributed by atoms with Crippen LogP contribution in [0, 0.1) is 0 Å². The number of hydrogen-bond donors (Lipinski definition) is 0. The normalized spacial score (nSPS) is 13.9. The predicted octanol–water partition coefficient (Wildman–Crippen LogP) is 9.93. The van der Waals surface area contributed by atoms with Crippen molar-refractivity contribution in [2.75, 3.05) is 6.54 Å². The Labute approximate surface area is 186 Å². The zero-order chi connectivity index (χ0) is 21.6. The topological polar surface area (TPSA) is 3.24 Å². The number of rotatable bonds is 23. The fourth-order valence-electron chi connectivity index (χ4n) is 4.74. The smallest absolute Gasteiger partial charge is 0.00979 e. The van der Waals surface area contributed by atoms with Crippen molar-refractivity contribution >= 4 is 0 Å². The molecule has 0 aliphatic heterocycles. The maximum atomic E-state index is 2.87. The van der Waals surface area contributed by atoms with E-state index < -0.39 is 0 Å². The van der Waals surface area contributed by atoms with Crippen LogP contribution >= 0.6 is 0 Å². The SMILES string of the molecule is CCCCCCCCCCCCCCCCN(C(C)CC)C(CCC)CCCC. The lowest BCUT2D eigenvalue weighted by atomic mass is 9.99. The molecule has 1 heteroatoms. The molecule has 0 aromatic heterocycles. The van der Waals surface area contributed by atoms with Crippen LogP contribution in [-0.4, -0.2) is 23.5 Å². The van der Waals surface area contributed by atoms with E-state index in [1.54, 1.807) is 0 Å². The van der Waals surface area contributed by atoms with Gasteiger partial charge in [-0.25, -0.2) is 0 Å². The van der Waals surface area contributed by atoms with E-state index in [1.165, 1.54) is 135 Å². The van der Waals surface area contributed by atoms with E-state index in [0.717, 1.165) is 12.1 Å². The first-order chi connectivity index (χ1) is 14.2. The minimum atomic E-state index is 0.755. The molecule has 0 aliphatic rings. The fourth-order valence-corrected chi connectivity index (χ4v) is 4.74. The molecule has 0 spiro atoms. The monoisotopic (exact) mass is 409 g/mol. The molecule has 0 aromatic rings. The van der Waals surface area contributed by atoms with Gasteiger partial charge in [-0.2, -0.15) is 0 Å². The zero-order valence-electron chi connectivity index (χ0n) is 21.5. The molecule has 1 nitrogen and oxygen atoms in total. The number of hydrogen-bond acceptors (Lipinski definition) is 1.